The Labute approximate surface area is 100 Å². The van der Waals surface area contributed by atoms with E-state index in [0.29, 0.717) is 0 Å². The van der Waals surface area contributed by atoms with Crippen molar-refractivity contribution in [2.75, 3.05) is 18.9 Å². The quantitative estimate of drug-likeness (QED) is 0.634. The average Bonchev–Trinajstić information content (AvgIpc) is 2.11. The van der Waals surface area contributed by atoms with Gasteiger partial charge in [-0.2, -0.15) is 4.31 Å². The lowest BCUT2D eigenvalue weighted by molar-refractivity contribution is -0.143. The van der Waals surface area contributed by atoms with Crippen molar-refractivity contribution < 1.29 is 27.9 Å². The van der Waals surface area contributed by atoms with Gasteiger partial charge in [0.05, 0.1) is 6.61 Å². The largest absolute Gasteiger partial charge is 0.480 e. The molecule has 1 N–H and O–H groups in total. The molecule has 100 valence electrons. The van der Waals surface area contributed by atoms with Crippen molar-refractivity contribution in [1.29, 1.82) is 0 Å². The summed E-state index contributed by atoms with van der Waals surface area (Å²) >= 11 is 0. The third-order valence-corrected chi connectivity index (χ3v) is 3.71. The van der Waals surface area contributed by atoms with E-state index in [4.69, 9.17) is 5.11 Å². The molecule has 0 rings (SSSR count). The van der Waals surface area contributed by atoms with Crippen molar-refractivity contribution in [2.24, 2.45) is 0 Å². The Balaban J connectivity index is 4.86. The zero-order valence-corrected chi connectivity index (χ0v) is 10.9. The standard InChI is InChI=1S/C9H17NO6S/c1-4-16-9(13)5-10(7(2)3)17(14,15)6-8(11)12/h7H,4-6H2,1-3H3,(H,11,12). The molecule has 0 saturated heterocycles. The van der Waals surface area contributed by atoms with Gasteiger partial charge in [-0.15, -0.1) is 0 Å². The lowest BCUT2D eigenvalue weighted by Crippen LogP contribution is -2.43. The Morgan fingerprint density at radius 1 is 1.35 bits per heavy atom. The van der Waals surface area contributed by atoms with E-state index in [1.807, 2.05) is 0 Å². The molecule has 17 heavy (non-hydrogen) atoms. The number of hydrogen-bond acceptors (Lipinski definition) is 5. The van der Waals surface area contributed by atoms with Crippen LogP contribution in [-0.4, -0.2) is 54.7 Å². The predicted molar refractivity (Wildman–Crippen MR) is 59.9 cm³/mol. The van der Waals surface area contributed by atoms with Crippen molar-refractivity contribution >= 4 is 22.0 Å². The molecule has 0 heterocycles. The van der Waals surface area contributed by atoms with E-state index < -0.39 is 40.3 Å². The molecule has 0 fully saturated rings. The first-order valence-corrected chi connectivity index (χ1v) is 6.68. The monoisotopic (exact) mass is 267 g/mol. The molecule has 0 aliphatic carbocycles. The molecular formula is C9H17NO6S. The van der Waals surface area contributed by atoms with Gasteiger partial charge in [-0.05, 0) is 20.8 Å². The summed E-state index contributed by atoms with van der Waals surface area (Å²) in [5, 5.41) is 8.50. The van der Waals surface area contributed by atoms with Gasteiger partial charge in [0.1, 0.15) is 6.54 Å². The molecule has 0 aromatic heterocycles. The van der Waals surface area contributed by atoms with Crippen molar-refractivity contribution in [3.63, 3.8) is 0 Å². The lowest BCUT2D eigenvalue weighted by atomic mass is 10.4. The van der Waals surface area contributed by atoms with Crippen LogP contribution < -0.4 is 0 Å². The molecule has 0 saturated carbocycles. The van der Waals surface area contributed by atoms with Crippen molar-refractivity contribution in [3.8, 4) is 0 Å². The molecule has 0 radical (unpaired) electrons. The topological polar surface area (TPSA) is 101 Å². The summed E-state index contributed by atoms with van der Waals surface area (Å²) < 4.78 is 28.8. The molecule has 0 aromatic rings. The highest BCUT2D eigenvalue weighted by atomic mass is 32.2. The SMILES string of the molecule is CCOC(=O)CN(C(C)C)S(=O)(=O)CC(=O)O. The first-order chi connectivity index (χ1) is 7.70. The molecule has 0 aliphatic heterocycles. The predicted octanol–water partition coefficient (Wildman–Crippen LogP) is -0.326. The summed E-state index contributed by atoms with van der Waals surface area (Å²) in [6.07, 6.45) is 0. The number of sulfonamides is 1. The fourth-order valence-corrected chi connectivity index (χ4v) is 2.60. The highest BCUT2D eigenvalue weighted by Crippen LogP contribution is 2.07. The second-order valence-corrected chi connectivity index (χ2v) is 5.52. The van der Waals surface area contributed by atoms with E-state index in [-0.39, 0.29) is 6.61 Å². The molecule has 8 heteroatoms. The van der Waals surface area contributed by atoms with Crippen LogP contribution in [-0.2, 0) is 24.3 Å². The molecule has 0 aliphatic rings. The minimum atomic E-state index is -4.00. The molecule has 0 unspecified atom stereocenters. The smallest absolute Gasteiger partial charge is 0.321 e. The van der Waals surface area contributed by atoms with Gasteiger partial charge in [0.25, 0.3) is 0 Å². The van der Waals surface area contributed by atoms with Crippen molar-refractivity contribution in [1.82, 2.24) is 4.31 Å². The highest BCUT2D eigenvalue weighted by Gasteiger charge is 2.29. The van der Waals surface area contributed by atoms with E-state index in [9.17, 15) is 18.0 Å². The number of carbonyl (C=O) groups excluding carboxylic acids is 1. The second kappa shape index (κ2) is 6.55. The molecule has 0 bridgehead atoms. The summed E-state index contributed by atoms with van der Waals surface area (Å²) in [5.74, 6) is -3.19. The maximum absolute atomic E-state index is 11.7. The van der Waals surface area contributed by atoms with E-state index in [1.54, 1.807) is 20.8 Å². The second-order valence-electron chi connectivity index (χ2n) is 3.59. The van der Waals surface area contributed by atoms with Crippen LogP contribution in [0.5, 0.6) is 0 Å². The molecule has 0 atom stereocenters. The summed E-state index contributed by atoms with van der Waals surface area (Å²) in [7, 11) is -4.00. The van der Waals surface area contributed by atoms with Crippen LogP contribution in [0.4, 0.5) is 0 Å². The van der Waals surface area contributed by atoms with E-state index in [2.05, 4.69) is 4.74 Å². The van der Waals surface area contributed by atoms with E-state index in [1.165, 1.54) is 0 Å². The summed E-state index contributed by atoms with van der Waals surface area (Å²) in [5.41, 5.74) is 0. The van der Waals surface area contributed by atoms with E-state index >= 15 is 0 Å². The van der Waals surface area contributed by atoms with Gasteiger partial charge in [0.2, 0.25) is 10.0 Å². The summed E-state index contributed by atoms with van der Waals surface area (Å²) in [4.78, 5) is 21.6. The number of rotatable bonds is 7. The Hall–Kier alpha value is -1.15. The van der Waals surface area contributed by atoms with Gasteiger partial charge in [0, 0.05) is 6.04 Å². The van der Waals surface area contributed by atoms with Gasteiger partial charge in [-0.25, -0.2) is 8.42 Å². The number of aliphatic carboxylic acids is 1. The van der Waals surface area contributed by atoms with Crippen LogP contribution in [0.25, 0.3) is 0 Å². The Kier molecular flexibility index (Phi) is 6.11. The normalized spacial score (nSPS) is 11.8. The maximum Gasteiger partial charge on any atom is 0.321 e. The van der Waals surface area contributed by atoms with Crippen LogP contribution in [0.2, 0.25) is 0 Å². The number of nitrogens with zero attached hydrogens (tertiary/aromatic N) is 1. The Bertz CT molecular complexity index is 375. The number of carboxylic acids is 1. The van der Waals surface area contributed by atoms with Crippen molar-refractivity contribution in [3.05, 3.63) is 0 Å². The first-order valence-electron chi connectivity index (χ1n) is 5.07. The Morgan fingerprint density at radius 3 is 2.24 bits per heavy atom. The van der Waals surface area contributed by atoms with Crippen molar-refractivity contribution in [2.45, 2.75) is 26.8 Å². The van der Waals surface area contributed by atoms with Gasteiger partial charge in [-0.1, -0.05) is 0 Å². The van der Waals surface area contributed by atoms with Crippen LogP contribution in [0.15, 0.2) is 0 Å². The lowest BCUT2D eigenvalue weighted by Gasteiger charge is -2.23. The minimum absolute atomic E-state index is 0.143. The number of ether oxygens (including phenoxy) is 1. The molecule has 7 nitrogen and oxygen atoms in total. The molecule has 0 amide bonds. The zero-order valence-electron chi connectivity index (χ0n) is 10.0. The zero-order chi connectivity index (χ0) is 13.6. The summed E-state index contributed by atoms with van der Waals surface area (Å²) in [6, 6.07) is -0.510. The van der Waals surface area contributed by atoms with Crippen LogP contribution in [0.3, 0.4) is 0 Å². The fraction of sp³-hybridized carbons (Fsp3) is 0.778. The average molecular weight is 267 g/mol. The molecule has 0 spiro atoms. The number of carbonyl (C=O) groups is 2. The maximum atomic E-state index is 11.7. The highest BCUT2D eigenvalue weighted by molar-refractivity contribution is 7.89. The third kappa shape index (κ3) is 5.64. The molecular weight excluding hydrogens is 250 g/mol. The van der Waals surface area contributed by atoms with E-state index in [0.717, 1.165) is 4.31 Å². The number of carboxylic acid groups (broad SMARTS) is 1. The Morgan fingerprint density at radius 2 is 1.88 bits per heavy atom. The van der Waals surface area contributed by atoms with Gasteiger partial charge >= 0.3 is 11.9 Å². The minimum Gasteiger partial charge on any atom is -0.480 e. The first kappa shape index (κ1) is 15.9. The van der Waals surface area contributed by atoms with Crippen LogP contribution in [0.1, 0.15) is 20.8 Å². The number of esters is 1. The third-order valence-electron chi connectivity index (χ3n) is 1.83. The van der Waals surface area contributed by atoms with Crippen LogP contribution in [0, 0.1) is 0 Å². The van der Waals surface area contributed by atoms with Gasteiger partial charge in [-0.3, -0.25) is 9.59 Å². The van der Waals surface area contributed by atoms with Crippen LogP contribution >= 0.6 is 0 Å². The van der Waals surface area contributed by atoms with Gasteiger partial charge in [0.15, 0.2) is 5.75 Å². The molecule has 0 aromatic carbocycles. The van der Waals surface area contributed by atoms with Gasteiger partial charge < -0.3 is 9.84 Å². The summed E-state index contributed by atoms with van der Waals surface area (Å²) in [6.45, 7) is 4.38. The number of hydrogen-bond donors (Lipinski definition) is 1. The fourth-order valence-electron chi connectivity index (χ4n) is 1.17.